The normalized spacial score (nSPS) is 19.9. The molecule has 1 aliphatic carbocycles. The number of rotatable bonds is 6. The highest BCUT2D eigenvalue weighted by atomic mass is 16.3. The summed E-state index contributed by atoms with van der Waals surface area (Å²) in [6, 6.07) is 4.26. The maximum atomic E-state index is 10.0. The average molecular weight is 248 g/mol. The molecule has 0 saturated heterocycles. The molecule has 1 aromatic heterocycles. The van der Waals surface area contributed by atoms with Gasteiger partial charge in [-0.25, -0.2) is 0 Å². The average Bonchev–Trinajstić information content (AvgIpc) is 2.90. The number of aliphatic hydroxyl groups is 1. The Hall–Kier alpha value is -0.930. The van der Waals surface area contributed by atoms with E-state index in [0.29, 0.717) is 6.54 Å². The summed E-state index contributed by atoms with van der Waals surface area (Å²) in [5.74, 6) is 0.746. The second kappa shape index (κ2) is 6.86. The van der Waals surface area contributed by atoms with Gasteiger partial charge in [-0.1, -0.05) is 31.7 Å². The monoisotopic (exact) mass is 248 g/mol. The first kappa shape index (κ1) is 13.5. The van der Waals surface area contributed by atoms with E-state index in [-0.39, 0.29) is 12.1 Å². The van der Waals surface area contributed by atoms with Gasteiger partial charge in [0.1, 0.15) is 0 Å². The summed E-state index contributed by atoms with van der Waals surface area (Å²) in [6.07, 6.45) is 9.68. The van der Waals surface area contributed by atoms with Gasteiger partial charge in [0.2, 0.25) is 0 Å². The number of hydrogen-bond acceptors (Lipinski definition) is 3. The van der Waals surface area contributed by atoms with Crippen LogP contribution in [0.25, 0.3) is 0 Å². The fraction of sp³-hybridized carbons (Fsp3) is 0.667. The molecule has 0 amide bonds. The molecule has 1 saturated carbocycles. The largest absolute Gasteiger partial charge is 0.392 e. The first-order chi connectivity index (χ1) is 8.75. The van der Waals surface area contributed by atoms with E-state index in [1.54, 1.807) is 6.20 Å². The van der Waals surface area contributed by atoms with Crippen molar-refractivity contribution in [2.45, 2.75) is 51.2 Å². The molecule has 0 aliphatic heterocycles. The van der Waals surface area contributed by atoms with Crippen molar-refractivity contribution in [2.24, 2.45) is 5.92 Å². The predicted octanol–water partition coefficient (Wildman–Crippen LogP) is 2.67. The van der Waals surface area contributed by atoms with Crippen molar-refractivity contribution < 1.29 is 5.11 Å². The fourth-order valence-corrected chi connectivity index (χ4v) is 2.78. The van der Waals surface area contributed by atoms with Crippen LogP contribution in [0.3, 0.4) is 0 Å². The molecule has 2 atom stereocenters. The minimum Gasteiger partial charge on any atom is -0.392 e. The Morgan fingerprint density at radius 2 is 2.22 bits per heavy atom. The Bertz CT molecular complexity index is 336. The van der Waals surface area contributed by atoms with Gasteiger partial charge >= 0.3 is 0 Å². The summed E-state index contributed by atoms with van der Waals surface area (Å²) in [6.45, 7) is 2.78. The van der Waals surface area contributed by atoms with E-state index in [0.717, 1.165) is 12.3 Å². The van der Waals surface area contributed by atoms with E-state index in [2.05, 4.69) is 23.3 Å². The van der Waals surface area contributed by atoms with E-state index in [1.807, 2.05) is 12.3 Å². The summed E-state index contributed by atoms with van der Waals surface area (Å²) >= 11 is 0. The van der Waals surface area contributed by atoms with Crippen molar-refractivity contribution >= 4 is 0 Å². The number of nitrogens with zero attached hydrogens (tertiary/aromatic N) is 1. The van der Waals surface area contributed by atoms with Crippen LogP contribution in [0, 0.1) is 5.92 Å². The zero-order valence-corrected chi connectivity index (χ0v) is 11.2. The van der Waals surface area contributed by atoms with Gasteiger partial charge in [0, 0.05) is 25.0 Å². The van der Waals surface area contributed by atoms with E-state index >= 15 is 0 Å². The molecule has 1 heterocycles. The topological polar surface area (TPSA) is 45.1 Å². The van der Waals surface area contributed by atoms with Crippen LogP contribution in [-0.4, -0.2) is 22.7 Å². The highest BCUT2D eigenvalue weighted by Gasteiger charge is 2.19. The minimum absolute atomic E-state index is 0.216. The van der Waals surface area contributed by atoms with E-state index in [9.17, 15) is 5.11 Å². The van der Waals surface area contributed by atoms with Gasteiger partial charge in [0.25, 0.3) is 0 Å². The standard InChI is InChI=1S/C15H24N2O/c1-12(14-7-4-8-16-10-14)17-11-15(18)9-13-5-2-3-6-13/h4,7-8,10,12-13,15,17-18H,2-3,5-6,9,11H2,1H3. The summed E-state index contributed by atoms with van der Waals surface area (Å²) in [4.78, 5) is 4.11. The van der Waals surface area contributed by atoms with Crippen LogP contribution < -0.4 is 5.32 Å². The highest BCUT2D eigenvalue weighted by Crippen LogP contribution is 2.28. The van der Waals surface area contributed by atoms with Crippen LogP contribution in [-0.2, 0) is 0 Å². The molecular weight excluding hydrogens is 224 g/mol. The van der Waals surface area contributed by atoms with Crippen LogP contribution in [0.15, 0.2) is 24.5 Å². The zero-order valence-electron chi connectivity index (χ0n) is 11.2. The molecule has 0 aromatic carbocycles. The number of pyridine rings is 1. The van der Waals surface area contributed by atoms with Crippen LogP contribution in [0.5, 0.6) is 0 Å². The Kier molecular flexibility index (Phi) is 5.14. The number of hydrogen-bond donors (Lipinski definition) is 2. The van der Waals surface area contributed by atoms with E-state index < -0.39 is 0 Å². The number of aliphatic hydroxyl groups excluding tert-OH is 1. The third kappa shape index (κ3) is 4.07. The second-order valence-corrected chi connectivity index (χ2v) is 5.46. The molecule has 3 nitrogen and oxygen atoms in total. The first-order valence-electron chi connectivity index (χ1n) is 7.07. The molecule has 100 valence electrons. The van der Waals surface area contributed by atoms with Crippen molar-refractivity contribution in [3.63, 3.8) is 0 Å². The SMILES string of the molecule is CC(NCC(O)CC1CCCC1)c1cccnc1. The lowest BCUT2D eigenvalue weighted by Crippen LogP contribution is -2.30. The van der Waals surface area contributed by atoms with Crippen LogP contribution in [0.4, 0.5) is 0 Å². The quantitative estimate of drug-likeness (QED) is 0.813. The third-order valence-electron chi connectivity index (χ3n) is 3.92. The molecule has 0 spiro atoms. The van der Waals surface area contributed by atoms with E-state index in [1.165, 1.54) is 31.2 Å². The summed E-state index contributed by atoms with van der Waals surface area (Å²) in [7, 11) is 0. The lowest BCUT2D eigenvalue weighted by molar-refractivity contribution is 0.137. The smallest absolute Gasteiger partial charge is 0.0667 e. The van der Waals surface area contributed by atoms with E-state index in [4.69, 9.17) is 0 Å². The van der Waals surface area contributed by atoms with Gasteiger partial charge < -0.3 is 10.4 Å². The van der Waals surface area contributed by atoms with Crippen LogP contribution >= 0.6 is 0 Å². The lowest BCUT2D eigenvalue weighted by Gasteiger charge is -2.19. The third-order valence-corrected chi connectivity index (χ3v) is 3.92. The molecule has 2 unspecified atom stereocenters. The molecule has 1 aliphatic rings. The minimum atomic E-state index is -0.216. The van der Waals surface area contributed by atoms with Crippen molar-refractivity contribution in [3.8, 4) is 0 Å². The van der Waals surface area contributed by atoms with Crippen LogP contribution in [0.2, 0.25) is 0 Å². The van der Waals surface area contributed by atoms with Gasteiger partial charge in [-0.2, -0.15) is 0 Å². The molecule has 18 heavy (non-hydrogen) atoms. The lowest BCUT2D eigenvalue weighted by atomic mass is 10.00. The predicted molar refractivity (Wildman–Crippen MR) is 73.2 cm³/mol. The van der Waals surface area contributed by atoms with Crippen molar-refractivity contribution in [3.05, 3.63) is 30.1 Å². The maximum Gasteiger partial charge on any atom is 0.0667 e. The van der Waals surface area contributed by atoms with Crippen molar-refractivity contribution in [2.75, 3.05) is 6.54 Å². The van der Waals surface area contributed by atoms with Gasteiger partial charge in [-0.15, -0.1) is 0 Å². The zero-order chi connectivity index (χ0) is 12.8. The van der Waals surface area contributed by atoms with Crippen molar-refractivity contribution in [1.82, 2.24) is 10.3 Å². The summed E-state index contributed by atoms with van der Waals surface area (Å²) < 4.78 is 0. The van der Waals surface area contributed by atoms with Crippen LogP contribution in [0.1, 0.15) is 50.6 Å². The van der Waals surface area contributed by atoms with Gasteiger partial charge in [-0.05, 0) is 30.9 Å². The number of aromatic nitrogens is 1. The second-order valence-electron chi connectivity index (χ2n) is 5.46. The molecular formula is C15H24N2O. The van der Waals surface area contributed by atoms with Gasteiger partial charge in [0.05, 0.1) is 6.10 Å². The molecule has 0 radical (unpaired) electrons. The number of nitrogens with one attached hydrogen (secondary N) is 1. The molecule has 0 bridgehead atoms. The highest BCUT2D eigenvalue weighted by molar-refractivity contribution is 5.12. The molecule has 3 heteroatoms. The summed E-state index contributed by atoms with van der Waals surface area (Å²) in [5, 5.41) is 13.4. The van der Waals surface area contributed by atoms with Crippen molar-refractivity contribution in [1.29, 1.82) is 0 Å². The van der Waals surface area contributed by atoms with Gasteiger partial charge in [-0.3, -0.25) is 4.98 Å². The van der Waals surface area contributed by atoms with Gasteiger partial charge in [0.15, 0.2) is 0 Å². The summed E-state index contributed by atoms with van der Waals surface area (Å²) in [5.41, 5.74) is 1.17. The molecule has 1 aromatic rings. The Morgan fingerprint density at radius 1 is 1.44 bits per heavy atom. The first-order valence-corrected chi connectivity index (χ1v) is 7.07. The Balaban J connectivity index is 1.70. The fourth-order valence-electron chi connectivity index (χ4n) is 2.78. The maximum absolute atomic E-state index is 10.0. The Morgan fingerprint density at radius 3 is 2.89 bits per heavy atom. The molecule has 1 fully saturated rings. The molecule has 2 rings (SSSR count). The molecule has 2 N–H and O–H groups in total. The Labute approximate surface area is 110 Å².